The third-order valence-corrected chi connectivity index (χ3v) is 7.12. The van der Waals surface area contributed by atoms with Gasteiger partial charge in [-0.1, -0.05) is 37.1 Å². The van der Waals surface area contributed by atoms with Crippen molar-refractivity contribution in [2.24, 2.45) is 5.92 Å². The molecular formula is C23H30N4O2. The first-order valence-corrected chi connectivity index (χ1v) is 11.1. The molecule has 2 aliphatic heterocycles. The Morgan fingerprint density at radius 1 is 1.17 bits per heavy atom. The minimum absolute atomic E-state index is 0.0811. The van der Waals surface area contributed by atoms with Crippen molar-refractivity contribution in [3.63, 3.8) is 0 Å². The van der Waals surface area contributed by atoms with E-state index in [4.69, 9.17) is 0 Å². The summed E-state index contributed by atoms with van der Waals surface area (Å²) in [6.45, 7) is 1.47. The summed E-state index contributed by atoms with van der Waals surface area (Å²) in [4.78, 5) is 18.7. The molecule has 2 atom stereocenters. The molecule has 6 nitrogen and oxygen atoms in total. The predicted octanol–water partition coefficient (Wildman–Crippen LogP) is 3.57. The number of benzene rings is 1. The Hall–Kier alpha value is -2.34. The van der Waals surface area contributed by atoms with Gasteiger partial charge in [0.15, 0.2) is 0 Å². The van der Waals surface area contributed by atoms with Crippen LogP contribution in [0.2, 0.25) is 0 Å². The second kappa shape index (κ2) is 7.82. The molecule has 1 saturated heterocycles. The molecule has 29 heavy (non-hydrogen) atoms. The second-order valence-electron chi connectivity index (χ2n) is 8.85. The van der Waals surface area contributed by atoms with Gasteiger partial charge in [-0.15, -0.1) is 0 Å². The highest BCUT2D eigenvalue weighted by atomic mass is 16.3. The van der Waals surface area contributed by atoms with Crippen LogP contribution in [0.3, 0.4) is 0 Å². The van der Waals surface area contributed by atoms with Crippen LogP contribution in [-0.2, 0) is 0 Å². The van der Waals surface area contributed by atoms with E-state index in [2.05, 4.69) is 39.1 Å². The van der Waals surface area contributed by atoms with E-state index in [1.54, 1.807) is 0 Å². The number of carbonyl (C=O) groups excluding carboxylic acids is 1. The number of nitrogens with one attached hydrogen (secondary N) is 1. The molecule has 3 aliphatic rings. The summed E-state index contributed by atoms with van der Waals surface area (Å²) >= 11 is 0. The lowest BCUT2D eigenvalue weighted by molar-refractivity contribution is 0.0536. The number of carbonyl (C=O) groups is 1. The van der Waals surface area contributed by atoms with Crippen molar-refractivity contribution in [1.82, 2.24) is 19.8 Å². The average Bonchev–Trinajstić information content (AvgIpc) is 3.48. The third kappa shape index (κ3) is 3.54. The highest BCUT2D eigenvalue weighted by Gasteiger charge is 2.34. The summed E-state index contributed by atoms with van der Waals surface area (Å²) < 4.78 is 2.19. The van der Waals surface area contributed by atoms with E-state index in [1.165, 1.54) is 24.0 Å². The number of nitrogens with zero attached hydrogens (tertiary/aromatic N) is 3. The number of hydrogen-bond donors (Lipinski definition) is 2. The first-order valence-electron chi connectivity index (χ1n) is 11.1. The van der Waals surface area contributed by atoms with E-state index >= 15 is 0 Å². The Morgan fingerprint density at radius 3 is 2.72 bits per heavy atom. The van der Waals surface area contributed by atoms with Crippen LogP contribution in [0.25, 0.3) is 11.3 Å². The highest BCUT2D eigenvalue weighted by molar-refractivity contribution is 5.74. The molecule has 154 valence electrons. The second-order valence-corrected chi connectivity index (χ2v) is 8.85. The van der Waals surface area contributed by atoms with Crippen LogP contribution in [0.1, 0.15) is 56.6 Å². The molecule has 0 radical (unpaired) electrons. The Balaban J connectivity index is 1.19. The number of piperidine rings is 1. The maximum atomic E-state index is 12.5. The van der Waals surface area contributed by atoms with Gasteiger partial charge < -0.3 is 19.9 Å². The average molecular weight is 395 g/mol. The fourth-order valence-electron chi connectivity index (χ4n) is 5.42. The summed E-state index contributed by atoms with van der Waals surface area (Å²) in [5.74, 6) is 0.241. The minimum Gasteiger partial charge on any atom is -0.393 e. The SMILES string of the molecule is O=C(NC1CCCC1)N1CCC(C(O)C[C@H]2c3ccccc3-c3cncn32)CC1. The zero-order valence-electron chi connectivity index (χ0n) is 16.8. The lowest BCUT2D eigenvalue weighted by atomic mass is 9.86. The van der Waals surface area contributed by atoms with Crippen molar-refractivity contribution in [3.8, 4) is 11.3 Å². The first-order chi connectivity index (χ1) is 14.2. The number of aromatic nitrogens is 2. The van der Waals surface area contributed by atoms with Crippen molar-refractivity contribution in [1.29, 1.82) is 0 Å². The number of aliphatic hydroxyl groups excluding tert-OH is 1. The molecule has 6 heteroatoms. The topological polar surface area (TPSA) is 70.4 Å². The van der Waals surface area contributed by atoms with Gasteiger partial charge >= 0.3 is 6.03 Å². The summed E-state index contributed by atoms with van der Waals surface area (Å²) in [5.41, 5.74) is 3.63. The van der Waals surface area contributed by atoms with E-state index in [1.807, 2.05) is 17.4 Å². The molecule has 0 spiro atoms. The quantitative estimate of drug-likeness (QED) is 0.833. The lowest BCUT2D eigenvalue weighted by Crippen LogP contribution is -2.48. The van der Waals surface area contributed by atoms with Crippen molar-refractivity contribution in [3.05, 3.63) is 42.4 Å². The van der Waals surface area contributed by atoms with Crippen molar-refractivity contribution < 1.29 is 9.90 Å². The molecule has 1 aliphatic carbocycles. The summed E-state index contributed by atoms with van der Waals surface area (Å²) in [5, 5.41) is 14.2. The van der Waals surface area contributed by atoms with Crippen LogP contribution in [0.15, 0.2) is 36.8 Å². The molecule has 1 saturated carbocycles. The Kier molecular flexibility index (Phi) is 5.04. The van der Waals surface area contributed by atoms with Gasteiger partial charge in [0.2, 0.25) is 0 Å². The van der Waals surface area contributed by atoms with Crippen LogP contribution < -0.4 is 5.32 Å². The van der Waals surface area contributed by atoms with Crippen molar-refractivity contribution >= 4 is 6.03 Å². The standard InChI is InChI=1S/C23H30N4O2/c28-22(13-20-18-7-3-4-8-19(18)21-14-24-15-27(20)21)16-9-11-26(12-10-16)23(29)25-17-5-1-2-6-17/h3-4,7-8,14-17,20,22,28H,1-2,5-6,9-13H2,(H,25,29)/t20-,22?/m0/s1. The van der Waals surface area contributed by atoms with Gasteiger partial charge in [-0.2, -0.15) is 0 Å². The molecule has 5 rings (SSSR count). The zero-order valence-corrected chi connectivity index (χ0v) is 16.8. The molecule has 1 aromatic heterocycles. The number of aliphatic hydroxyl groups is 1. The minimum atomic E-state index is -0.374. The van der Waals surface area contributed by atoms with Crippen molar-refractivity contribution in [2.45, 2.75) is 63.1 Å². The molecule has 1 aromatic carbocycles. The molecule has 2 N–H and O–H groups in total. The number of imidazole rings is 1. The zero-order chi connectivity index (χ0) is 19.8. The number of fused-ring (bicyclic) bond motifs is 3. The van der Waals surface area contributed by atoms with Gasteiger partial charge in [0.1, 0.15) is 0 Å². The van der Waals surface area contributed by atoms with Gasteiger partial charge in [-0.05, 0) is 43.6 Å². The Labute approximate surface area is 171 Å². The Morgan fingerprint density at radius 2 is 1.93 bits per heavy atom. The predicted molar refractivity (Wildman–Crippen MR) is 112 cm³/mol. The summed E-state index contributed by atoms with van der Waals surface area (Å²) in [6.07, 6.45) is 10.5. The van der Waals surface area contributed by atoms with E-state index in [9.17, 15) is 9.90 Å². The number of amides is 2. The van der Waals surface area contributed by atoms with E-state index < -0.39 is 0 Å². The van der Waals surface area contributed by atoms with E-state index in [-0.39, 0.29) is 24.1 Å². The molecule has 2 fully saturated rings. The number of urea groups is 1. The van der Waals surface area contributed by atoms with Crippen LogP contribution >= 0.6 is 0 Å². The van der Waals surface area contributed by atoms with Gasteiger partial charge in [-0.25, -0.2) is 9.78 Å². The monoisotopic (exact) mass is 394 g/mol. The van der Waals surface area contributed by atoms with Crippen LogP contribution in [0.5, 0.6) is 0 Å². The molecular weight excluding hydrogens is 364 g/mol. The van der Waals surface area contributed by atoms with Gasteiger partial charge in [-0.3, -0.25) is 0 Å². The molecule has 3 heterocycles. The first kappa shape index (κ1) is 18.7. The fraction of sp³-hybridized carbons (Fsp3) is 0.565. The maximum absolute atomic E-state index is 12.5. The Bertz CT molecular complexity index is 865. The highest BCUT2D eigenvalue weighted by Crippen LogP contribution is 2.42. The molecule has 2 amide bonds. The smallest absolute Gasteiger partial charge is 0.317 e. The molecule has 2 aromatic rings. The summed E-state index contributed by atoms with van der Waals surface area (Å²) in [6, 6.07) is 9.00. The lowest BCUT2D eigenvalue weighted by Gasteiger charge is -2.35. The largest absolute Gasteiger partial charge is 0.393 e. The normalized spacial score (nSPS) is 23.1. The molecule has 1 unspecified atom stereocenters. The van der Waals surface area contributed by atoms with Crippen LogP contribution in [-0.4, -0.2) is 50.8 Å². The van der Waals surface area contributed by atoms with Gasteiger partial charge in [0.05, 0.1) is 30.4 Å². The third-order valence-electron chi connectivity index (χ3n) is 7.12. The molecule has 0 bridgehead atoms. The maximum Gasteiger partial charge on any atom is 0.317 e. The number of hydrogen-bond acceptors (Lipinski definition) is 3. The summed E-state index contributed by atoms with van der Waals surface area (Å²) in [7, 11) is 0. The van der Waals surface area contributed by atoms with Crippen LogP contribution in [0.4, 0.5) is 4.79 Å². The number of likely N-dealkylation sites (tertiary alicyclic amines) is 1. The van der Waals surface area contributed by atoms with Crippen molar-refractivity contribution in [2.75, 3.05) is 13.1 Å². The van der Waals surface area contributed by atoms with E-state index in [0.29, 0.717) is 12.5 Å². The van der Waals surface area contributed by atoms with Gasteiger partial charge in [0, 0.05) is 24.7 Å². The fourth-order valence-corrected chi connectivity index (χ4v) is 5.42. The number of rotatable bonds is 4. The van der Waals surface area contributed by atoms with Crippen LogP contribution in [0, 0.1) is 5.92 Å². The van der Waals surface area contributed by atoms with E-state index in [0.717, 1.165) is 44.5 Å². The van der Waals surface area contributed by atoms with Gasteiger partial charge in [0.25, 0.3) is 0 Å².